The first-order valence-corrected chi connectivity index (χ1v) is 8.57. The lowest BCUT2D eigenvalue weighted by atomic mass is 9.98. The molecule has 0 radical (unpaired) electrons. The number of nitrogens with zero attached hydrogens (tertiary/aromatic N) is 1. The van der Waals surface area contributed by atoms with E-state index < -0.39 is 5.60 Å². The number of amides is 1. The normalized spacial score (nSPS) is 19.2. The van der Waals surface area contributed by atoms with Crippen LogP contribution in [0, 0.1) is 5.92 Å². The molecule has 1 saturated heterocycles. The van der Waals surface area contributed by atoms with Crippen molar-refractivity contribution in [1.82, 2.24) is 15.2 Å². The zero-order valence-electron chi connectivity index (χ0n) is 13.5. The van der Waals surface area contributed by atoms with E-state index in [1.807, 2.05) is 26.2 Å². The summed E-state index contributed by atoms with van der Waals surface area (Å²) in [5, 5.41) is 5.19. The van der Waals surface area contributed by atoms with Gasteiger partial charge in [0, 0.05) is 37.3 Å². The number of aromatic nitrogens is 1. The molecule has 2 rings (SSSR count). The average molecular weight is 327 g/mol. The fourth-order valence-electron chi connectivity index (χ4n) is 2.54. The Bertz CT molecular complexity index is 547. The molecule has 1 unspecified atom stereocenters. The molecule has 0 aliphatic carbocycles. The zero-order chi connectivity index (χ0) is 16.2. The van der Waals surface area contributed by atoms with Gasteiger partial charge in [-0.25, -0.2) is 4.79 Å². The topological polar surface area (TPSA) is 74.4 Å². The van der Waals surface area contributed by atoms with E-state index in [-0.39, 0.29) is 11.0 Å². The number of ether oxygens (including phenoxy) is 1. The van der Waals surface area contributed by atoms with Crippen molar-refractivity contribution in [2.75, 3.05) is 19.6 Å². The average Bonchev–Trinajstić information content (AvgIpc) is 2.83. The van der Waals surface area contributed by atoms with Gasteiger partial charge < -0.3 is 19.9 Å². The number of carbonyl (C=O) groups excluding carboxylic acids is 1. The van der Waals surface area contributed by atoms with E-state index in [4.69, 9.17) is 4.74 Å². The summed E-state index contributed by atoms with van der Waals surface area (Å²) in [5.41, 5.74) is 0.461. The van der Waals surface area contributed by atoms with Gasteiger partial charge in [0.25, 0.3) is 0 Å². The minimum Gasteiger partial charge on any atom is -0.444 e. The van der Waals surface area contributed by atoms with Crippen molar-refractivity contribution in [3.63, 3.8) is 0 Å². The van der Waals surface area contributed by atoms with E-state index in [0.717, 1.165) is 38.2 Å². The summed E-state index contributed by atoms with van der Waals surface area (Å²) < 4.78 is 5.43. The fraction of sp³-hybridized carbons (Fsp3) is 0.733. The maximum atomic E-state index is 12.1. The Balaban J connectivity index is 1.75. The highest BCUT2D eigenvalue weighted by Gasteiger charge is 2.27. The van der Waals surface area contributed by atoms with Crippen LogP contribution >= 0.6 is 11.3 Å². The molecule has 1 aliphatic heterocycles. The highest BCUT2D eigenvalue weighted by molar-refractivity contribution is 7.07. The number of rotatable bonds is 4. The Hall–Kier alpha value is -1.34. The van der Waals surface area contributed by atoms with Crippen molar-refractivity contribution in [2.24, 2.45) is 5.92 Å². The molecule has 0 saturated carbocycles. The van der Waals surface area contributed by atoms with Crippen LogP contribution in [0.1, 0.15) is 39.3 Å². The molecule has 1 fully saturated rings. The van der Waals surface area contributed by atoms with Crippen LogP contribution in [0.5, 0.6) is 0 Å². The molecule has 1 aliphatic rings. The Morgan fingerprint density at radius 2 is 2.32 bits per heavy atom. The van der Waals surface area contributed by atoms with Crippen LogP contribution in [0.15, 0.2) is 10.2 Å². The molecule has 22 heavy (non-hydrogen) atoms. The molecule has 1 aromatic heterocycles. The fourth-order valence-corrected chi connectivity index (χ4v) is 3.12. The number of H-pyrrole nitrogens is 1. The molecular formula is C15H25N3O3S. The molecule has 124 valence electrons. The summed E-state index contributed by atoms with van der Waals surface area (Å²) in [4.78, 5) is 27.7. The second-order valence-electron chi connectivity index (χ2n) is 6.74. The number of nitrogens with one attached hydrogen (secondary N) is 2. The van der Waals surface area contributed by atoms with Crippen LogP contribution in [0.2, 0.25) is 0 Å². The number of thiazole rings is 1. The lowest BCUT2D eigenvalue weighted by Crippen LogP contribution is -2.45. The standard InChI is InChI=1S/C15H25N3O3S/c1-15(2,3)21-14(20)18-6-4-5-11(9-18)7-16-8-12-10-22-13(19)17-12/h10-11,16H,4-9H2,1-3H3,(H,17,19). The molecule has 2 heterocycles. The first-order chi connectivity index (χ1) is 10.3. The van der Waals surface area contributed by atoms with Crippen LogP contribution in [-0.2, 0) is 11.3 Å². The van der Waals surface area contributed by atoms with Crippen LogP contribution in [0.4, 0.5) is 4.79 Å². The van der Waals surface area contributed by atoms with Gasteiger partial charge in [-0.15, -0.1) is 0 Å². The maximum Gasteiger partial charge on any atom is 0.410 e. The number of piperidine rings is 1. The van der Waals surface area contributed by atoms with Crippen LogP contribution < -0.4 is 10.2 Å². The SMILES string of the molecule is CC(C)(C)OC(=O)N1CCCC(CNCc2csc(=O)[nH]2)C1. The van der Waals surface area contributed by atoms with Crippen molar-refractivity contribution in [3.05, 3.63) is 20.7 Å². The van der Waals surface area contributed by atoms with Gasteiger partial charge >= 0.3 is 11.0 Å². The van der Waals surface area contributed by atoms with Crippen LogP contribution in [0.3, 0.4) is 0 Å². The van der Waals surface area contributed by atoms with E-state index >= 15 is 0 Å². The van der Waals surface area contributed by atoms with Gasteiger partial charge in [0.05, 0.1) is 0 Å². The second-order valence-corrected chi connectivity index (χ2v) is 7.58. The third-order valence-electron chi connectivity index (χ3n) is 3.49. The largest absolute Gasteiger partial charge is 0.444 e. The molecule has 1 atom stereocenters. The number of hydrogen-bond acceptors (Lipinski definition) is 5. The quantitative estimate of drug-likeness (QED) is 0.889. The molecule has 0 bridgehead atoms. The minimum atomic E-state index is -0.451. The smallest absolute Gasteiger partial charge is 0.410 e. The lowest BCUT2D eigenvalue weighted by Gasteiger charge is -2.34. The molecular weight excluding hydrogens is 302 g/mol. The van der Waals surface area contributed by atoms with Gasteiger partial charge in [0.2, 0.25) is 0 Å². The summed E-state index contributed by atoms with van der Waals surface area (Å²) in [6.45, 7) is 8.63. The molecule has 0 spiro atoms. The van der Waals surface area contributed by atoms with Gasteiger partial charge in [-0.2, -0.15) is 0 Å². The van der Waals surface area contributed by atoms with E-state index in [0.29, 0.717) is 12.5 Å². The summed E-state index contributed by atoms with van der Waals surface area (Å²) in [6.07, 6.45) is 1.88. The van der Waals surface area contributed by atoms with Crippen molar-refractivity contribution in [3.8, 4) is 0 Å². The third-order valence-corrected chi connectivity index (χ3v) is 4.21. The minimum absolute atomic E-state index is 0.0226. The third kappa shape index (κ3) is 5.46. The van der Waals surface area contributed by atoms with Gasteiger partial charge in [-0.3, -0.25) is 4.79 Å². The van der Waals surface area contributed by atoms with E-state index in [2.05, 4.69) is 10.3 Å². The Morgan fingerprint density at radius 3 is 2.95 bits per heavy atom. The summed E-state index contributed by atoms with van der Waals surface area (Å²) in [6, 6.07) is 0. The van der Waals surface area contributed by atoms with Crippen molar-refractivity contribution in [1.29, 1.82) is 0 Å². The predicted molar refractivity (Wildman–Crippen MR) is 87.2 cm³/mol. The number of aromatic amines is 1. The zero-order valence-corrected chi connectivity index (χ0v) is 14.3. The van der Waals surface area contributed by atoms with E-state index in [1.54, 1.807) is 4.90 Å². The van der Waals surface area contributed by atoms with Gasteiger partial charge in [-0.1, -0.05) is 11.3 Å². The Morgan fingerprint density at radius 1 is 1.55 bits per heavy atom. The molecule has 2 N–H and O–H groups in total. The van der Waals surface area contributed by atoms with Crippen LogP contribution in [-0.4, -0.2) is 41.2 Å². The maximum absolute atomic E-state index is 12.1. The first-order valence-electron chi connectivity index (χ1n) is 7.69. The Kier molecular flexibility index (Phi) is 5.63. The molecule has 1 amide bonds. The van der Waals surface area contributed by atoms with E-state index in [9.17, 15) is 9.59 Å². The highest BCUT2D eigenvalue weighted by atomic mass is 32.1. The summed E-state index contributed by atoms with van der Waals surface area (Å²) >= 11 is 1.18. The second kappa shape index (κ2) is 7.28. The molecule has 0 aromatic carbocycles. The number of carbonyl (C=O) groups is 1. The predicted octanol–water partition coefficient (Wildman–Crippen LogP) is 2.17. The van der Waals surface area contributed by atoms with Crippen molar-refractivity contribution < 1.29 is 9.53 Å². The molecule has 7 heteroatoms. The van der Waals surface area contributed by atoms with Gasteiger partial charge in [-0.05, 0) is 39.5 Å². The van der Waals surface area contributed by atoms with Gasteiger partial charge in [0.1, 0.15) is 5.60 Å². The van der Waals surface area contributed by atoms with E-state index in [1.165, 1.54) is 11.3 Å². The van der Waals surface area contributed by atoms with Crippen LogP contribution in [0.25, 0.3) is 0 Å². The lowest BCUT2D eigenvalue weighted by molar-refractivity contribution is 0.0166. The summed E-state index contributed by atoms with van der Waals surface area (Å²) in [5.74, 6) is 0.423. The van der Waals surface area contributed by atoms with Crippen molar-refractivity contribution in [2.45, 2.75) is 45.8 Å². The monoisotopic (exact) mass is 327 g/mol. The first kappa shape index (κ1) is 17.0. The molecule has 6 nitrogen and oxygen atoms in total. The highest BCUT2D eigenvalue weighted by Crippen LogP contribution is 2.19. The summed E-state index contributed by atoms with van der Waals surface area (Å²) in [7, 11) is 0. The number of hydrogen-bond donors (Lipinski definition) is 2. The molecule has 1 aromatic rings. The Labute approximate surface area is 134 Å². The number of likely N-dealkylation sites (tertiary alicyclic amines) is 1. The van der Waals surface area contributed by atoms with Crippen molar-refractivity contribution >= 4 is 17.4 Å². The van der Waals surface area contributed by atoms with Gasteiger partial charge in [0.15, 0.2) is 0 Å².